The molecule has 2 N–H and O–H groups in total. The van der Waals surface area contributed by atoms with Gasteiger partial charge in [-0.1, -0.05) is 0 Å². The fourth-order valence-electron chi connectivity index (χ4n) is 2.00. The summed E-state index contributed by atoms with van der Waals surface area (Å²) in [5.41, 5.74) is 6.47. The highest BCUT2D eigenvalue weighted by molar-refractivity contribution is 5.73. The molecule has 1 atom stereocenters. The number of nitrogens with zero attached hydrogens (tertiary/aromatic N) is 2. The minimum absolute atomic E-state index is 0.0393. The average molecular weight is 251 g/mol. The molecule has 0 spiro atoms. The van der Waals surface area contributed by atoms with E-state index in [1.807, 2.05) is 0 Å². The van der Waals surface area contributed by atoms with Gasteiger partial charge in [0.1, 0.15) is 18.5 Å². The molecule has 0 amide bonds. The van der Waals surface area contributed by atoms with Crippen molar-refractivity contribution in [3.63, 3.8) is 0 Å². The molecule has 0 unspecified atom stereocenters. The van der Waals surface area contributed by atoms with Gasteiger partial charge in [0, 0.05) is 18.3 Å². The molecule has 98 valence electrons. The van der Waals surface area contributed by atoms with E-state index in [4.69, 9.17) is 10.5 Å². The zero-order chi connectivity index (χ0) is 13.1. The summed E-state index contributed by atoms with van der Waals surface area (Å²) >= 11 is 0. The molecule has 1 aliphatic heterocycles. The van der Waals surface area contributed by atoms with Crippen molar-refractivity contribution >= 4 is 11.7 Å². The van der Waals surface area contributed by atoms with Crippen molar-refractivity contribution < 1.29 is 9.13 Å². The summed E-state index contributed by atoms with van der Waals surface area (Å²) in [5, 5.41) is 0. The predicted molar refractivity (Wildman–Crippen MR) is 70.2 cm³/mol. The van der Waals surface area contributed by atoms with E-state index >= 15 is 0 Å². The van der Waals surface area contributed by atoms with Gasteiger partial charge in [-0.3, -0.25) is 0 Å². The number of ether oxygens (including phenoxy) is 1. The van der Waals surface area contributed by atoms with Crippen LogP contribution in [-0.2, 0) is 4.74 Å². The summed E-state index contributed by atoms with van der Waals surface area (Å²) in [6.45, 7) is 5.40. The fourth-order valence-corrected chi connectivity index (χ4v) is 2.00. The van der Waals surface area contributed by atoms with Gasteiger partial charge in [-0.05, 0) is 38.1 Å². The molecule has 0 fully saturated rings. The largest absolute Gasteiger partial charge is 0.463 e. The first kappa shape index (κ1) is 12.7. The SMILES string of the molecule is CC(C)N(C[C@H]1COC(N)=N1)c1ccc(F)cc1. The van der Waals surface area contributed by atoms with Gasteiger partial charge >= 0.3 is 0 Å². The fraction of sp³-hybridized carbons (Fsp3) is 0.462. The van der Waals surface area contributed by atoms with Crippen molar-refractivity contribution in [1.82, 2.24) is 0 Å². The van der Waals surface area contributed by atoms with Crippen LogP contribution >= 0.6 is 0 Å². The number of amidine groups is 1. The normalized spacial score (nSPS) is 18.7. The zero-order valence-corrected chi connectivity index (χ0v) is 10.6. The van der Waals surface area contributed by atoms with Gasteiger partial charge in [0.05, 0.1) is 0 Å². The molecular weight excluding hydrogens is 233 g/mol. The Kier molecular flexibility index (Phi) is 3.69. The third-order valence-electron chi connectivity index (χ3n) is 2.92. The molecule has 4 nitrogen and oxygen atoms in total. The number of hydrogen-bond acceptors (Lipinski definition) is 4. The van der Waals surface area contributed by atoms with Crippen molar-refractivity contribution in [2.45, 2.75) is 25.9 Å². The van der Waals surface area contributed by atoms with E-state index in [0.29, 0.717) is 19.2 Å². The molecule has 0 aliphatic carbocycles. The van der Waals surface area contributed by atoms with Crippen LogP contribution in [0.1, 0.15) is 13.8 Å². The third-order valence-corrected chi connectivity index (χ3v) is 2.92. The standard InChI is InChI=1S/C13H18FN3O/c1-9(2)17(7-11-8-18-13(15)16-11)12-5-3-10(14)4-6-12/h3-6,9,11H,7-8H2,1-2H3,(H2,15,16)/t11-/m0/s1. The van der Waals surface area contributed by atoms with Crippen LogP contribution in [0.15, 0.2) is 29.3 Å². The lowest BCUT2D eigenvalue weighted by Gasteiger charge is -2.30. The summed E-state index contributed by atoms with van der Waals surface area (Å²) in [6.07, 6.45) is 0. The molecule has 0 saturated heterocycles. The number of aliphatic imine (C=N–C) groups is 1. The highest BCUT2D eigenvalue weighted by atomic mass is 19.1. The number of halogens is 1. The van der Waals surface area contributed by atoms with E-state index in [0.717, 1.165) is 5.69 Å². The van der Waals surface area contributed by atoms with E-state index in [9.17, 15) is 4.39 Å². The molecule has 0 bridgehead atoms. The van der Waals surface area contributed by atoms with Crippen LogP contribution in [0, 0.1) is 5.82 Å². The molecular formula is C13H18FN3O. The summed E-state index contributed by atoms with van der Waals surface area (Å²) < 4.78 is 18.1. The number of anilines is 1. The molecule has 1 aromatic rings. The molecule has 0 aromatic heterocycles. The van der Waals surface area contributed by atoms with E-state index < -0.39 is 0 Å². The lowest BCUT2D eigenvalue weighted by Crippen LogP contribution is -2.37. The smallest absolute Gasteiger partial charge is 0.282 e. The maximum atomic E-state index is 12.9. The third kappa shape index (κ3) is 2.91. The van der Waals surface area contributed by atoms with Gasteiger partial charge in [0.15, 0.2) is 0 Å². The number of hydrogen-bond donors (Lipinski definition) is 1. The summed E-state index contributed by atoms with van der Waals surface area (Å²) in [7, 11) is 0. The van der Waals surface area contributed by atoms with Crippen molar-refractivity contribution in [1.29, 1.82) is 0 Å². The second-order valence-corrected chi connectivity index (χ2v) is 4.65. The summed E-state index contributed by atoms with van der Waals surface area (Å²) in [5.74, 6) is -0.228. The Morgan fingerprint density at radius 1 is 1.44 bits per heavy atom. The maximum absolute atomic E-state index is 12.9. The van der Waals surface area contributed by atoms with Crippen LogP contribution in [0.5, 0.6) is 0 Å². The summed E-state index contributed by atoms with van der Waals surface area (Å²) in [4.78, 5) is 6.37. The molecule has 0 saturated carbocycles. The number of benzene rings is 1. The van der Waals surface area contributed by atoms with Crippen molar-refractivity contribution in [3.8, 4) is 0 Å². The highest BCUT2D eigenvalue weighted by Crippen LogP contribution is 2.19. The van der Waals surface area contributed by atoms with Gasteiger partial charge in [-0.15, -0.1) is 0 Å². The molecule has 2 rings (SSSR count). The Morgan fingerprint density at radius 2 is 2.11 bits per heavy atom. The van der Waals surface area contributed by atoms with Crippen LogP contribution in [0.2, 0.25) is 0 Å². The van der Waals surface area contributed by atoms with Crippen LogP contribution in [0.4, 0.5) is 10.1 Å². The lowest BCUT2D eigenvalue weighted by atomic mass is 10.2. The number of rotatable bonds is 4. The second-order valence-electron chi connectivity index (χ2n) is 4.65. The van der Waals surface area contributed by atoms with Gasteiger partial charge in [-0.2, -0.15) is 0 Å². The predicted octanol–water partition coefficient (Wildman–Crippen LogP) is 1.75. The van der Waals surface area contributed by atoms with Crippen molar-refractivity contribution in [2.24, 2.45) is 10.7 Å². The van der Waals surface area contributed by atoms with Gasteiger partial charge in [-0.25, -0.2) is 9.38 Å². The maximum Gasteiger partial charge on any atom is 0.282 e. The van der Waals surface area contributed by atoms with Crippen LogP contribution < -0.4 is 10.6 Å². The Morgan fingerprint density at radius 3 is 2.61 bits per heavy atom. The monoisotopic (exact) mass is 251 g/mol. The first-order valence-corrected chi connectivity index (χ1v) is 6.04. The lowest BCUT2D eigenvalue weighted by molar-refractivity contribution is 0.312. The Bertz CT molecular complexity index is 430. The minimum Gasteiger partial charge on any atom is -0.463 e. The van der Waals surface area contributed by atoms with Crippen molar-refractivity contribution in [3.05, 3.63) is 30.1 Å². The van der Waals surface area contributed by atoms with E-state index in [-0.39, 0.29) is 17.9 Å². The van der Waals surface area contributed by atoms with E-state index in [1.54, 1.807) is 12.1 Å². The van der Waals surface area contributed by atoms with Gasteiger partial charge < -0.3 is 15.4 Å². The Labute approximate surface area is 106 Å². The molecule has 1 aliphatic rings. The second kappa shape index (κ2) is 5.25. The molecule has 1 aromatic carbocycles. The summed E-state index contributed by atoms with van der Waals surface area (Å²) in [6, 6.07) is 7.07. The average Bonchev–Trinajstić information content (AvgIpc) is 2.73. The van der Waals surface area contributed by atoms with Gasteiger partial charge in [0.25, 0.3) is 6.02 Å². The van der Waals surface area contributed by atoms with Crippen molar-refractivity contribution in [2.75, 3.05) is 18.1 Å². The first-order valence-electron chi connectivity index (χ1n) is 6.04. The highest BCUT2D eigenvalue weighted by Gasteiger charge is 2.21. The first-order chi connectivity index (χ1) is 8.56. The van der Waals surface area contributed by atoms with Crippen LogP contribution in [-0.4, -0.2) is 31.3 Å². The zero-order valence-electron chi connectivity index (χ0n) is 10.6. The molecule has 5 heteroatoms. The van der Waals surface area contributed by atoms with E-state index in [1.165, 1.54) is 12.1 Å². The molecule has 1 heterocycles. The topological polar surface area (TPSA) is 50.9 Å². The molecule has 18 heavy (non-hydrogen) atoms. The van der Waals surface area contributed by atoms with Crippen LogP contribution in [0.3, 0.4) is 0 Å². The minimum atomic E-state index is -0.228. The molecule has 0 radical (unpaired) electrons. The Balaban J connectivity index is 2.11. The van der Waals surface area contributed by atoms with E-state index in [2.05, 4.69) is 23.7 Å². The van der Waals surface area contributed by atoms with Crippen LogP contribution in [0.25, 0.3) is 0 Å². The quantitative estimate of drug-likeness (QED) is 0.887. The number of nitrogens with two attached hydrogens (primary N) is 1. The van der Waals surface area contributed by atoms with Gasteiger partial charge in [0.2, 0.25) is 0 Å². The Hall–Kier alpha value is -1.78.